The van der Waals surface area contributed by atoms with Crippen molar-refractivity contribution in [2.75, 3.05) is 5.75 Å². The minimum absolute atomic E-state index is 0.317. The van der Waals surface area contributed by atoms with Gasteiger partial charge in [-0.1, -0.05) is 42.1 Å². The van der Waals surface area contributed by atoms with Crippen molar-refractivity contribution in [1.82, 2.24) is 14.8 Å². The summed E-state index contributed by atoms with van der Waals surface area (Å²) in [5.41, 5.74) is 1.01. The van der Waals surface area contributed by atoms with Crippen LogP contribution in [0.4, 0.5) is 0 Å². The van der Waals surface area contributed by atoms with Crippen molar-refractivity contribution >= 4 is 11.8 Å². The van der Waals surface area contributed by atoms with Crippen LogP contribution >= 0.6 is 11.8 Å². The van der Waals surface area contributed by atoms with E-state index in [0.717, 1.165) is 16.5 Å². The molecule has 0 bridgehead atoms. The highest BCUT2D eigenvalue weighted by Gasteiger charge is 2.20. The van der Waals surface area contributed by atoms with Gasteiger partial charge in [0.15, 0.2) is 11.0 Å². The van der Waals surface area contributed by atoms with Crippen molar-refractivity contribution in [2.24, 2.45) is 0 Å². The second kappa shape index (κ2) is 3.92. The van der Waals surface area contributed by atoms with E-state index in [1.165, 1.54) is 0 Å². The molecule has 0 radical (unpaired) electrons. The average Bonchev–Trinajstić information content (AvgIpc) is 2.73. The molecule has 1 aliphatic rings. The summed E-state index contributed by atoms with van der Waals surface area (Å²) >= 11 is 1.55. The highest BCUT2D eigenvalue weighted by Crippen LogP contribution is 2.25. The fourth-order valence-electron chi connectivity index (χ4n) is 1.69. The zero-order chi connectivity index (χ0) is 11.0. The molecule has 82 valence electrons. The molecule has 2 heterocycles. The Hall–Kier alpha value is -1.33. The highest BCUT2D eigenvalue weighted by atomic mass is 32.2. The van der Waals surface area contributed by atoms with Gasteiger partial charge < -0.3 is 5.11 Å². The summed E-state index contributed by atoms with van der Waals surface area (Å²) < 4.78 is 1.78. The van der Waals surface area contributed by atoms with E-state index in [4.69, 9.17) is 0 Å². The first-order valence-corrected chi connectivity index (χ1v) is 6.12. The predicted octanol–water partition coefficient (Wildman–Crippen LogP) is 1.41. The highest BCUT2D eigenvalue weighted by molar-refractivity contribution is 7.99. The first kappa shape index (κ1) is 9.86. The summed E-state index contributed by atoms with van der Waals surface area (Å²) in [7, 11) is 0. The van der Waals surface area contributed by atoms with E-state index in [-0.39, 0.29) is 6.10 Å². The van der Waals surface area contributed by atoms with E-state index >= 15 is 0 Å². The quantitative estimate of drug-likeness (QED) is 0.809. The number of aliphatic hydroxyl groups excluding tert-OH is 1. The van der Waals surface area contributed by atoms with Crippen LogP contribution in [-0.4, -0.2) is 31.7 Å². The second-order valence-corrected chi connectivity index (χ2v) is 4.72. The van der Waals surface area contributed by atoms with Crippen LogP contribution in [0.2, 0.25) is 0 Å². The van der Waals surface area contributed by atoms with Crippen molar-refractivity contribution in [3.8, 4) is 11.4 Å². The Balaban J connectivity index is 1.99. The van der Waals surface area contributed by atoms with Gasteiger partial charge in [-0.05, 0) is 0 Å². The van der Waals surface area contributed by atoms with Crippen molar-refractivity contribution in [1.29, 1.82) is 0 Å². The number of hydrogen-bond donors (Lipinski definition) is 1. The van der Waals surface area contributed by atoms with Gasteiger partial charge in [0, 0.05) is 11.3 Å². The van der Waals surface area contributed by atoms with Crippen LogP contribution in [-0.2, 0) is 6.54 Å². The van der Waals surface area contributed by atoms with Gasteiger partial charge in [0.1, 0.15) is 0 Å². The molecule has 1 N–H and O–H groups in total. The van der Waals surface area contributed by atoms with E-state index in [2.05, 4.69) is 10.1 Å². The van der Waals surface area contributed by atoms with Gasteiger partial charge in [0.25, 0.3) is 0 Å². The molecule has 16 heavy (non-hydrogen) atoms. The number of aromatic nitrogens is 3. The molecule has 4 nitrogen and oxygen atoms in total. The van der Waals surface area contributed by atoms with E-state index < -0.39 is 0 Å². The Kier molecular flexibility index (Phi) is 2.41. The molecule has 0 fully saturated rings. The first-order valence-electron chi connectivity index (χ1n) is 5.14. The molecule has 0 saturated carbocycles. The third kappa shape index (κ3) is 1.72. The minimum Gasteiger partial charge on any atom is -0.390 e. The number of fused-ring (bicyclic) bond motifs is 1. The summed E-state index contributed by atoms with van der Waals surface area (Å²) in [6.07, 6.45) is -0.317. The van der Waals surface area contributed by atoms with E-state index in [1.54, 1.807) is 16.4 Å². The molecule has 5 heteroatoms. The maximum Gasteiger partial charge on any atom is 0.186 e. The first-order chi connectivity index (χ1) is 7.83. The Bertz CT molecular complexity index is 497. The van der Waals surface area contributed by atoms with Crippen molar-refractivity contribution in [2.45, 2.75) is 17.8 Å². The third-order valence-corrected chi connectivity index (χ3v) is 3.57. The van der Waals surface area contributed by atoms with Gasteiger partial charge in [0.2, 0.25) is 0 Å². The SMILES string of the molecule is OC1CSc2nc(-c3ccccc3)nn2C1. The maximum absolute atomic E-state index is 9.53. The summed E-state index contributed by atoms with van der Waals surface area (Å²) in [5.74, 6) is 1.43. The summed E-state index contributed by atoms with van der Waals surface area (Å²) in [6, 6.07) is 9.89. The molecular formula is C11H11N3OS. The molecule has 1 aromatic heterocycles. The number of rotatable bonds is 1. The lowest BCUT2D eigenvalue weighted by atomic mass is 10.2. The van der Waals surface area contributed by atoms with Gasteiger partial charge in [-0.2, -0.15) is 0 Å². The van der Waals surface area contributed by atoms with Crippen molar-refractivity contribution < 1.29 is 5.11 Å². The Morgan fingerprint density at radius 1 is 1.31 bits per heavy atom. The Morgan fingerprint density at radius 2 is 2.12 bits per heavy atom. The largest absolute Gasteiger partial charge is 0.390 e. The number of hydrogen-bond acceptors (Lipinski definition) is 4. The van der Waals surface area contributed by atoms with Crippen LogP contribution in [0.25, 0.3) is 11.4 Å². The topological polar surface area (TPSA) is 50.9 Å². The minimum atomic E-state index is -0.317. The Labute approximate surface area is 97.3 Å². The predicted molar refractivity (Wildman–Crippen MR) is 62.2 cm³/mol. The van der Waals surface area contributed by atoms with Gasteiger partial charge in [-0.25, -0.2) is 9.67 Å². The smallest absolute Gasteiger partial charge is 0.186 e. The molecular weight excluding hydrogens is 222 g/mol. The van der Waals surface area contributed by atoms with Crippen LogP contribution in [0, 0.1) is 0 Å². The number of thioether (sulfide) groups is 1. The zero-order valence-electron chi connectivity index (χ0n) is 8.58. The normalized spacial score (nSPS) is 19.4. The number of benzene rings is 1. The monoisotopic (exact) mass is 233 g/mol. The van der Waals surface area contributed by atoms with E-state index in [1.807, 2.05) is 30.3 Å². The molecule has 2 aromatic rings. The fourth-order valence-corrected chi connectivity index (χ4v) is 2.55. The molecule has 1 aromatic carbocycles. The lowest BCUT2D eigenvalue weighted by Gasteiger charge is -2.16. The Morgan fingerprint density at radius 3 is 2.94 bits per heavy atom. The molecule has 3 rings (SSSR count). The average molecular weight is 233 g/mol. The lowest BCUT2D eigenvalue weighted by molar-refractivity contribution is 0.164. The van der Waals surface area contributed by atoms with Crippen LogP contribution in [0.3, 0.4) is 0 Å². The fraction of sp³-hybridized carbons (Fsp3) is 0.273. The third-order valence-electron chi connectivity index (χ3n) is 2.46. The van der Waals surface area contributed by atoms with Gasteiger partial charge in [0.05, 0.1) is 12.6 Å². The van der Waals surface area contributed by atoms with Crippen LogP contribution in [0.15, 0.2) is 35.5 Å². The molecule has 0 spiro atoms. The van der Waals surface area contributed by atoms with Crippen LogP contribution < -0.4 is 0 Å². The standard InChI is InChI=1S/C11H11N3OS/c15-9-6-14-11(16-7-9)12-10(13-14)8-4-2-1-3-5-8/h1-5,9,15H,6-7H2. The van der Waals surface area contributed by atoms with Crippen LogP contribution in [0.5, 0.6) is 0 Å². The van der Waals surface area contributed by atoms with E-state index in [0.29, 0.717) is 12.3 Å². The number of nitrogens with zero attached hydrogens (tertiary/aromatic N) is 3. The number of aliphatic hydroxyl groups is 1. The summed E-state index contributed by atoms with van der Waals surface area (Å²) in [5, 5.41) is 14.8. The molecule has 1 atom stereocenters. The molecule has 1 aliphatic heterocycles. The van der Waals surface area contributed by atoms with Gasteiger partial charge >= 0.3 is 0 Å². The molecule has 0 amide bonds. The molecule has 1 unspecified atom stereocenters. The van der Waals surface area contributed by atoms with Crippen LogP contribution in [0.1, 0.15) is 0 Å². The van der Waals surface area contributed by atoms with Gasteiger partial charge in [-0.15, -0.1) is 5.10 Å². The lowest BCUT2D eigenvalue weighted by Crippen LogP contribution is -2.24. The maximum atomic E-state index is 9.53. The molecule has 0 aliphatic carbocycles. The van der Waals surface area contributed by atoms with Gasteiger partial charge in [-0.3, -0.25) is 0 Å². The zero-order valence-corrected chi connectivity index (χ0v) is 9.39. The summed E-state index contributed by atoms with van der Waals surface area (Å²) in [6.45, 7) is 0.544. The second-order valence-electron chi connectivity index (χ2n) is 3.73. The molecule has 0 saturated heterocycles. The summed E-state index contributed by atoms with van der Waals surface area (Å²) in [4.78, 5) is 4.46. The van der Waals surface area contributed by atoms with Crippen molar-refractivity contribution in [3.63, 3.8) is 0 Å². The van der Waals surface area contributed by atoms with E-state index in [9.17, 15) is 5.11 Å². The van der Waals surface area contributed by atoms with Crippen molar-refractivity contribution in [3.05, 3.63) is 30.3 Å².